The molecule has 0 spiro atoms. The Bertz CT molecular complexity index is 394. The number of benzene rings is 1. The first-order chi connectivity index (χ1) is 7.41. The zero-order valence-corrected chi connectivity index (χ0v) is 9.21. The molecule has 1 amide bonds. The molecule has 0 aliphatic rings. The van der Waals surface area contributed by atoms with Crippen LogP contribution in [0.15, 0.2) is 18.2 Å². The number of carbonyl (C=O) groups excluding carboxylic acids is 1. The summed E-state index contributed by atoms with van der Waals surface area (Å²) in [4.78, 5) is 12.8. The molecule has 0 heterocycles. The summed E-state index contributed by atoms with van der Waals surface area (Å²) in [7, 11) is 1.56. The molecule has 0 radical (unpaired) electrons. The lowest BCUT2D eigenvalue weighted by Crippen LogP contribution is -2.39. The first-order valence-electron chi connectivity index (χ1n) is 4.86. The molecule has 2 N–H and O–H groups in total. The molecule has 1 aromatic carbocycles. The van der Waals surface area contributed by atoms with Crippen LogP contribution >= 0.6 is 0 Å². The monoisotopic (exact) mass is 228 g/mol. The van der Waals surface area contributed by atoms with E-state index in [1.165, 1.54) is 11.0 Å². The number of hydrogen-bond acceptors (Lipinski definition) is 2. The van der Waals surface area contributed by atoms with Crippen LogP contribution in [0.3, 0.4) is 0 Å². The lowest BCUT2D eigenvalue weighted by atomic mass is 10.2. The largest absolute Gasteiger partial charge is 0.340 e. The molecule has 0 aromatic heterocycles. The molecule has 5 heteroatoms. The van der Waals surface area contributed by atoms with Crippen molar-refractivity contribution in [1.82, 2.24) is 4.90 Å². The normalized spacial score (nSPS) is 12.3. The SMILES string of the molecule is C[C@@H](N)C(=O)N(C)Cc1ccc(F)c(F)c1. The number of carbonyl (C=O) groups is 1. The predicted molar refractivity (Wildman–Crippen MR) is 56.5 cm³/mol. The molecule has 1 rings (SSSR count). The highest BCUT2D eigenvalue weighted by Crippen LogP contribution is 2.10. The van der Waals surface area contributed by atoms with Gasteiger partial charge in [-0.05, 0) is 24.6 Å². The van der Waals surface area contributed by atoms with E-state index in [1.54, 1.807) is 14.0 Å². The van der Waals surface area contributed by atoms with E-state index in [-0.39, 0.29) is 12.5 Å². The highest BCUT2D eigenvalue weighted by atomic mass is 19.2. The van der Waals surface area contributed by atoms with Crippen LogP contribution in [0.5, 0.6) is 0 Å². The third-order valence-electron chi connectivity index (χ3n) is 2.17. The lowest BCUT2D eigenvalue weighted by Gasteiger charge is -2.19. The molecule has 0 aliphatic carbocycles. The Morgan fingerprint density at radius 3 is 2.56 bits per heavy atom. The van der Waals surface area contributed by atoms with Crippen LogP contribution in [0.2, 0.25) is 0 Å². The fourth-order valence-electron chi connectivity index (χ4n) is 1.34. The van der Waals surface area contributed by atoms with Crippen molar-refractivity contribution in [2.75, 3.05) is 7.05 Å². The van der Waals surface area contributed by atoms with Crippen LogP contribution < -0.4 is 5.73 Å². The summed E-state index contributed by atoms with van der Waals surface area (Å²) >= 11 is 0. The van der Waals surface area contributed by atoms with Gasteiger partial charge in [-0.3, -0.25) is 4.79 Å². The second kappa shape index (κ2) is 5.03. The van der Waals surface area contributed by atoms with Crippen LogP contribution in [0, 0.1) is 11.6 Å². The predicted octanol–water partition coefficient (Wildman–Crippen LogP) is 1.27. The van der Waals surface area contributed by atoms with Gasteiger partial charge in [0.15, 0.2) is 11.6 Å². The second-order valence-corrected chi connectivity index (χ2v) is 3.73. The summed E-state index contributed by atoms with van der Waals surface area (Å²) in [6.07, 6.45) is 0. The van der Waals surface area contributed by atoms with E-state index in [4.69, 9.17) is 5.73 Å². The van der Waals surface area contributed by atoms with Crippen LogP contribution in [0.25, 0.3) is 0 Å². The average Bonchev–Trinajstić information content (AvgIpc) is 2.22. The van der Waals surface area contributed by atoms with Crippen LogP contribution in [0.1, 0.15) is 12.5 Å². The van der Waals surface area contributed by atoms with Gasteiger partial charge in [-0.25, -0.2) is 8.78 Å². The summed E-state index contributed by atoms with van der Waals surface area (Å²) in [5.41, 5.74) is 5.94. The van der Waals surface area contributed by atoms with Crippen LogP contribution in [-0.2, 0) is 11.3 Å². The van der Waals surface area contributed by atoms with Gasteiger partial charge >= 0.3 is 0 Å². The third-order valence-corrected chi connectivity index (χ3v) is 2.17. The topological polar surface area (TPSA) is 46.3 Å². The minimum atomic E-state index is -0.917. The molecule has 0 fully saturated rings. The Hall–Kier alpha value is -1.49. The summed E-state index contributed by atoms with van der Waals surface area (Å²) < 4.78 is 25.5. The summed E-state index contributed by atoms with van der Waals surface area (Å²) in [5, 5.41) is 0. The average molecular weight is 228 g/mol. The summed E-state index contributed by atoms with van der Waals surface area (Å²) in [6.45, 7) is 1.78. The van der Waals surface area contributed by atoms with Gasteiger partial charge in [0.05, 0.1) is 6.04 Å². The van der Waals surface area contributed by atoms with E-state index in [0.717, 1.165) is 12.1 Å². The van der Waals surface area contributed by atoms with E-state index < -0.39 is 17.7 Å². The van der Waals surface area contributed by atoms with Gasteiger partial charge in [0.2, 0.25) is 5.91 Å². The smallest absolute Gasteiger partial charge is 0.239 e. The first kappa shape index (κ1) is 12.6. The molecule has 0 bridgehead atoms. The minimum absolute atomic E-state index is 0.206. The van der Waals surface area contributed by atoms with Crippen molar-refractivity contribution in [3.8, 4) is 0 Å². The third kappa shape index (κ3) is 3.00. The molecule has 0 unspecified atom stereocenters. The van der Waals surface area contributed by atoms with Crippen molar-refractivity contribution < 1.29 is 13.6 Å². The van der Waals surface area contributed by atoms with Gasteiger partial charge < -0.3 is 10.6 Å². The van der Waals surface area contributed by atoms with Gasteiger partial charge in [-0.15, -0.1) is 0 Å². The second-order valence-electron chi connectivity index (χ2n) is 3.73. The van der Waals surface area contributed by atoms with Crippen molar-refractivity contribution in [3.05, 3.63) is 35.4 Å². The maximum absolute atomic E-state index is 12.9. The Kier molecular flexibility index (Phi) is 3.95. The van der Waals surface area contributed by atoms with Gasteiger partial charge in [0.1, 0.15) is 0 Å². The molecule has 0 aliphatic heterocycles. The Labute approximate surface area is 92.8 Å². The fourth-order valence-corrected chi connectivity index (χ4v) is 1.34. The van der Waals surface area contributed by atoms with Crippen molar-refractivity contribution in [2.24, 2.45) is 5.73 Å². The van der Waals surface area contributed by atoms with Gasteiger partial charge in [-0.2, -0.15) is 0 Å². The number of halogens is 2. The number of likely N-dealkylation sites (N-methyl/N-ethyl adjacent to an activating group) is 1. The summed E-state index contributed by atoms with van der Waals surface area (Å²) in [5.74, 6) is -2.06. The molecule has 0 saturated carbocycles. The number of amides is 1. The lowest BCUT2D eigenvalue weighted by molar-refractivity contribution is -0.131. The van der Waals surface area contributed by atoms with Gasteiger partial charge in [-0.1, -0.05) is 6.07 Å². The highest BCUT2D eigenvalue weighted by molar-refractivity contribution is 5.80. The molecule has 16 heavy (non-hydrogen) atoms. The molecule has 1 aromatic rings. The quantitative estimate of drug-likeness (QED) is 0.846. The van der Waals surface area contributed by atoms with Crippen molar-refractivity contribution in [3.63, 3.8) is 0 Å². The zero-order valence-electron chi connectivity index (χ0n) is 9.21. The van der Waals surface area contributed by atoms with E-state index in [9.17, 15) is 13.6 Å². The highest BCUT2D eigenvalue weighted by Gasteiger charge is 2.14. The van der Waals surface area contributed by atoms with Crippen LogP contribution in [-0.4, -0.2) is 23.9 Å². The molecular formula is C11H14F2N2O. The molecular weight excluding hydrogens is 214 g/mol. The maximum Gasteiger partial charge on any atom is 0.239 e. The zero-order chi connectivity index (χ0) is 12.3. The Morgan fingerprint density at radius 2 is 2.06 bits per heavy atom. The summed E-state index contributed by atoms with van der Waals surface area (Å²) in [6, 6.07) is 2.94. The number of hydrogen-bond donors (Lipinski definition) is 1. The maximum atomic E-state index is 12.9. The van der Waals surface area contributed by atoms with Gasteiger partial charge in [0, 0.05) is 13.6 Å². The molecule has 0 saturated heterocycles. The van der Waals surface area contributed by atoms with E-state index >= 15 is 0 Å². The standard InChI is InChI=1S/C11H14F2N2O/c1-7(14)11(16)15(2)6-8-3-4-9(12)10(13)5-8/h3-5,7H,6,14H2,1-2H3/t7-/m1/s1. The van der Waals surface area contributed by atoms with Crippen LogP contribution in [0.4, 0.5) is 8.78 Å². The number of nitrogens with zero attached hydrogens (tertiary/aromatic N) is 1. The van der Waals surface area contributed by atoms with E-state index in [2.05, 4.69) is 0 Å². The van der Waals surface area contributed by atoms with Crippen molar-refractivity contribution in [1.29, 1.82) is 0 Å². The minimum Gasteiger partial charge on any atom is -0.340 e. The Morgan fingerprint density at radius 1 is 1.44 bits per heavy atom. The number of rotatable bonds is 3. The molecule has 3 nitrogen and oxygen atoms in total. The molecule has 1 atom stereocenters. The van der Waals surface area contributed by atoms with E-state index in [0.29, 0.717) is 5.56 Å². The number of nitrogens with two attached hydrogens (primary N) is 1. The molecule has 88 valence electrons. The Balaban J connectivity index is 2.73. The van der Waals surface area contributed by atoms with E-state index in [1.807, 2.05) is 0 Å². The van der Waals surface area contributed by atoms with Gasteiger partial charge in [0.25, 0.3) is 0 Å². The van der Waals surface area contributed by atoms with Crippen molar-refractivity contribution in [2.45, 2.75) is 19.5 Å². The first-order valence-corrected chi connectivity index (χ1v) is 4.86. The van der Waals surface area contributed by atoms with Crippen molar-refractivity contribution >= 4 is 5.91 Å². The fraction of sp³-hybridized carbons (Fsp3) is 0.364.